The van der Waals surface area contributed by atoms with Gasteiger partial charge in [0, 0.05) is 19.0 Å². The molecule has 2 heterocycles. The van der Waals surface area contributed by atoms with Gasteiger partial charge < -0.3 is 24.6 Å². The molecule has 0 spiro atoms. The Balaban J connectivity index is 1.54. The van der Waals surface area contributed by atoms with Gasteiger partial charge in [0.05, 0.1) is 18.4 Å². The van der Waals surface area contributed by atoms with Crippen LogP contribution in [0.3, 0.4) is 0 Å². The number of halogens is 3. The number of unbranched alkanes of at least 4 members (excludes halogenated alkanes) is 2. The molecule has 16 heteroatoms. The molecular formula is C29H31F3N4O8S. The first-order chi connectivity index (χ1) is 21.2. The first-order valence-electron chi connectivity index (χ1n) is 14.0. The van der Waals surface area contributed by atoms with E-state index in [0.29, 0.717) is 5.75 Å². The van der Waals surface area contributed by atoms with Crippen molar-refractivity contribution in [2.45, 2.75) is 67.8 Å². The van der Waals surface area contributed by atoms with Crippen molar-refractivity contribution in [2.24, 2.45) is 0 Å². The lowest BCUT2D eigenvalue weighted by atomic mass is 10.0. The van der Waals surface area contributed by atoms with Crippen molar-refractivity contribution >= 4 is 33.7 Å². The van der Waals surface area contributed by atoms with E-state index in [1.54, 1.807) is 30.3 Å². The molecule has 242 valence electrons. The second kappa shape index (κ2) is 14.1. The highest BCUT2D eigenvalue weighted by Crippen LogP contribution is 2.30. The maximum Gasteiger partial charge on any atom is 0.389 e. The minimum Gasteiger partial charge on any atom is -0.488 e. The van der Waals surface area contributed by atoms with E-state index in [4.69, 9.17) is 4.74 Å². The van der Waals surface area contributed by atoms with Gasteiger partial charge in [-0.3, -0.25) is 14.1 Å². The monoisotopic (exact) mass is 652 g/mol. The molecule has 1 aromatic heterocycles. The van der Waals surface area contributed by atoms with Crippen LogP contribution in [0, 0.1) is 0 Å². The number of aliphatic carboxylic acids is 1. The number of rotatable bonds is 13. The number of aromatic nitrogens is 2. The van der Waals surface area contributed by atoms with Crippen molar-refractivity contribution in [1.82, 2.24) is 14.5 Å². The summed E-state index contributed by atoms with van der Waals surface area (Å²) >= 11 is 0. The molecule has 1 aliphatic heterocycles. The minimum absolute atomic E-state index is 0.00663. The predicted molar refractivity (Wildman–Crippen MR) is 153 cm³/mol. The molecule has 3 N–H and O–H groups in total. The zero-order valence-corrected chi connectivity index (χ0v) is 24.6. The third-order valence-electron chi connectivity index (χ3n) is 7.21. The van der Waals surface area contributed by atoms with E-state index in [0.717, 1.165) is 11.0 Å². The number of nitrogens with one attached hydrogen (secondary N) is 1. The van der Waals surface area contributed by atoms with E-state index in [2.05, 4.69) is 10.3 Å². The zero-order chi connectivity index (χ0) is 32.8. The second-order valence-corrected chi connectivity index (χ2v) is 11.9. The number of hydrogen-bond donors (Lipinski definition) is 3. The molecule has 2 aromatic carbocycles. The third kappa shape index (κ3) is 9.04. The standard InChI is InChI=1S/C29H31F3N4O8S/c30-29(31,32)14-8-2-5-12-22(27(38)36-16-20(15-23(36)28(39)40)44-19-9-3-1-4-10-19)35-17-25(33-18-35)34-26(37)21-11-6-7-13-24(21)45(41,42)43/h1,3-4,6-7,9-11,13,17-18,20,22-23H,2,5,8,12,14-16H2,(H,34,37)(H,39,40)(H,41,42,43)/t20?,22?,23-/m0/s1. The smallest absolute Gasteiger partial charge is 0.389 e. The van der Waals surface area contributed by atoms with Crippen LogP contribution in [0.2, 0.25) is 0 Å². The summed E-state index contributed by atoms with van der Waals surface area (Å²) in [5.74, 6) is -2.39. The lowest BCUT2D eigenvalue weighted by Gasteiger charge is -2.27. The van der Waals surface area contributed by atoms with E-state index in [9.17, 15) is 45.6 Å². The Hall–Kier alpha value is -4.44. The molecule has 2 unspecified atom stereocenters. The fourth-order valence-electron chi connectivity index (χ4n) is 5.12. The largest absolute Gasteiger partial charge is 0.488 e. The number of para-hydroxylation sites is 1. The number of amides is 2. The Morgan fingerprint density at radius 1 is 1.04 bits per heavy atom. The van der Waals surface area contributed by atoms with Crippen LogP contribution in [0.4, 0.5) is 19.0 Å². The summed E-state index contributed by atoms with van der Waals surface area (Å²) in [6.45, 7) is -0.0556. The maximum atomic E-state index is 13.9. The average molecular weight is 653 g/mol. The normalized spacial score (nSPS) is 17.6. The van der Waals surface area contributed by atoms with Crippen LogP contribution in [-0.2, 0) is 19.7 Å². The fraction of sp³-hybridized carbons (Fsp3) is 0.379. The van der Waals surface area contributed by atoms with Crippen molar-refractivity contribution in [3.63, 3.8) is 0 Å². The van der Waals surface area contributed by atoms with E-state index in [-0.39, 0.29) is 50.0 Å². The summed E-state index contributed by atoms with van der Waals surface area (Å²) in [6, 6.07) is 11.3. The molecule has 1 fully saturated rings. The minimum atomic E-state index is -4.73. The zero-order valence-electron chi connectivity index (χ0n) is 23.8. The highest BCUT2D eigenvalue weighted by Gasteiger charge is 2.43. The number of ether oxygens (including phenoxy) is 1. The number of hydrogen-bond acceptors (Lipinski definition) is 7. The van der Waals surface area contributed by atoms with Gasteiger partial charge in [0.15, 0.2) is 5.82 Å². The molecule has 12 nitrogen and oxygen atoms in total. The van der Waals surface area contributed by atoms with Gasteiger partial charge in [-0.2, -0.15) is 21.6 Å². The molecule has 45 heavy (non-hydrogen) atoms. The molecule has 0 bridgehead atoms. The number of alkyl halides is 3. The Morgan fingerprint density at radius 2 is 1.73 bits per heavy atom. The van der Waals surface area contributed by atoms with Crippen molar-refractivity contribution in [1.29, 1.82) is 0 Å². The number of benzene rings is 2. The number of carboxylic acids is 1. The highest BCUT2D eigenvalue weighted by atomic mass is 32.2. The number of imidazole rings is 1. The molecule has 0 aliphatic carbocycles. The van der Waals surface area contributed by atoms with E-state index >= 15 is 0 Å². The number of nitrogens with zero attached hydrogens (tertiary/aromatic N) is 3. The van der Waals surface area contributed by atoms with E-state index in [1.165, 1.54) is 35.3 Å². The Bertz CT molecular complexity index is 1610. The number of carbonyl (C=O) groups excluding carboxylic acids is 2. The number of carboxylic acid groups (broad SMARTS) is 1. The number of likely N-dealkylation sites (tertiary alicyclic amines) is 1. The van der Waals surface area contributed by atoms with Crippen molar-refractivity contribution in [3.05, 3.63) is 72.7 Å². The lowest BCUT2D eigenvalue weighted by Crippen LogP contribution is -2.44. The van der Waals surface area contributed by atoms with Crippen LogP contribution in [0.15, 0.2) is 72.0 Å². The Kier molecular flexibility index (Phi) is 10.5. The fourth-order valence-corrected chi connectivity index (χ4v) is 5.81. The van der Waals surface area contributed by atoms with Crippen molar-refractivity contribution in [2.75, 3.05) is 11.9 Å². The van der Waals surface area contributed by atoms with Gasteiger partial charge in [-0.15, -0.1) is 0 Å². The third-order valence-corrected chi connectivity index (χ3v) is 8.12. The summed E-state index contributed by atoms with van der Waals surface area (Å²) in [5.41, 5.74) is -0.363. The average Bonchev–Trinajstić information content (AvgIpc) is 3.61. The lowest BCUT2D eigenvalue weighted by molar-refractivity contribution is -0.149. The van der Waals surface area contributed by atoms with Crippen LogP contribution < -0.4 is 10.1 Å². The number of carbonyl (C=O) groups is 3. The quantitative estimate of drug-likeness (QED) is 0.177. The Labute approximate surface area is 256 Å². The van der Waals surface area contributed by atoms with Gasteiger partial charge in [0.2, 0.25) is 5.91 Å². The summed E-state index contributed by atoms with van der Waals surface area (Å²) in [6.07, 6.45) is -3.22. The highest BCUT2D eigenvalue weighted by molar-refractivity contribution is 7.86. The molecular weight excluding hydrogens is 621 g/mol. The second-order valence-electron chi connectivity index (χ2n) is 10.5. The van der Waals surface area contributed by atoms with E-state index < -0.39 is 63.6 Å². The summed E-state index contributed by atoms with van der Waals surface area (Å²) in [4.78, 5) is 43.5. The van der Waals surface area contributed by atoms with Crippen LogP contribution in [0.25, 0.3) is 0 Å². The molecule has 4 rings (SSSR count). The molecule has 0 saturated carbocycles. The van der Waals surface area contributed by atoms with Crippen LogP contribution in [0.5, 0.6) is 5.75 Å². The van der Waals surface area contributed by atoms with Crippen LogP contribution >= 0.6 is 0 Å². The first-order valence-corrected chi connectivity index (χ1v) is 15.4. The summed E-state index contributed by atoms with van der Waals surface area (Å²) in [7, 11) is -4.73. The molecule has 0 radical (unpaired) electrons. The first kappa shape index (κ1) is 33.5. The van der Waals surface area contributed by atoms with Gasteiger partial charge in [-0.05, 0) is 37.1 Å². The Morgan fingerprint density at radius 3 is 2.40 bits per heavy atom. The van der Waals surface area contributed by atoms with Crippen molar-refractivity contribution < 1.29 is 50.4 Å². The maximum absolute atomic E-state index is 13.9. The van der Waals surface area contributed by atoms with Crippen molar-refractivity contribution in [3.8, 4) is 5.75 Å². The summed E-state index contributed by atoms with van der Waals surface area (Å²) in [5, 5.41) is 12.3. The molecule has 1 aliphatic rings. The molecule has 3 aromatic rings. The topological polar surface area (TPSA) is 168 Å². The van der Waals surface area contributed by atoms with E-state index in [1.807, 2.05) is 0 Å². The predicted octanol–water partition coefficient (Wildman–Crippen LogP) is 4.57. The van der Waals surface area contributed by atoms with Gasteiger partial charge in [0.25, 0.3) is 16.0 Å². The van der Waals surface area contributed by atoms with Crippen LogP contribution in [0.1, 0.15) is 54.9 Å². The van der Waals surface area contributed by atoms with Gasteiger partial charge in [0.1, 0.15) is 28.8 Å². The van der Waals surface area contributed by atoms with Gasteiger partial charge >= 0.3 is 12.1 Å². The molecule has 3 atom stereocenters. The van der Waals surface area contributed by atoms with Gasteiger partial charge in [-0.1, -0.05) is 43.2 Å². The van der Waals surface area contributed by atoms with Crippen LogP contribution in [-0.4, -0.2) is 75.2 Å². The molecule has 2 amide bonds. The SMILES string of the molecule is O=C(Nc1cn(C(CCCCCC(F)(F)F)C(=O)N2CC(Oc3ccccc3)C[C@H]2C(=O)O)cn1)c1ccccc1S(=O)(=O)O. The van der Waals surface area contributed by atoms with Gasteiger partial charge in [-0.25, -0.2) is 9.78 Å². The molecule has 1 saturated heterocycles. The number of anilines is 1. The summed E-state index contributed by atoms with van der Waals surface area (Å²) < 4.78 is 78.0.